The van der Waals surface area contributed by atoms with Crippen molar-refractivity contribution in [2.75, 3.05) is 6.54 Å². The van der Waals surface area contributed by atoms with Gasteiger partial charge in [-0.3, -0.25) is 4.79 Å². The van der Waals surface area contributed by atoms with E-state index in [1.165, 1.54) is 0 Å². The van der Waals surface area contributed by atoms with Crippen LogP contribution in [-0.4, -0.2) is 36.2 Å². The minimum absolute atomic E-state index is 0.0960. The van der Waals surface area contributed by atoms with Crippen LogP contribution in [0.2, 0.25) is 0 Å². The Morgan fingerprint density at radius 3 is 2.03 bits per heavy atom. The number of hydrogen-bond acceptors (Lipinski definition) is 5. The van der Waals surface area contributed by atoms with Crippen molar-refractivity contribution < 1.29 is 23.9 Å². The van der Waals surface area contributed by atoms with Crippen LogP contribution in [0.15, 0.2) is 24.3 Å². The second kappa shape index (κ2) is 11.2. The largest absolute Gasteiger partial charge is 0.459 e. The molecule has 31 heavy (non-hydrogen) atoms. The van der Waals surface area contributed by atoms with Crippen molar-refractivity contribution in [1.82, 2.24) is 10.6 Å². The molecule has 0 unspecified atom stereocenters. The van der Waals surface area contributed by atoms with Gasteiger partial charge < -0.3 is 20.1 Å². The SMILES string of the molecule is CC(C)OC(=O)c1ccc([C@@H](CCC(C)(C)C)NC(=O)CNC(=O)OC(C)(C)C)cc1. The first-order valence-electron chi connectivity index (χ1n) is 10.7. The summed E-state index contributed by atoms with van der Waals surface area (Å²) < 4.78 is 10.4. The van der Waals surface area contributed by atoms with Crippen molar-refractivity contribution in [3.63, 3.8) is 0 Å². The number of rotatable bonds is 8. The molecule has 0 aromatic heterocycles. The first kappa shape index (κ1) is 26.5. The highest BCUT2D eigenvalue weighted by Gasteiger charge is 2.21. The van der Waals surface area contributed by atoms with Crippen molar-refractivity contribution in [3.8, 4) is 0 Å². The molecule has 0 saturated heterocycles. The first-order chi connectivity index (χ1) is 14.2. The van der Waals surface area contributed by atoms with Crippen LogP contribution in [0.5, 0.6) is 0 Å². The van der Waals surface area contributed by atoms with Gasteiger partial charge in [-0.05, 0) is 70.6 Å². The van der Waals surface area contributed by atoms with Gasteiger partial charge in [0.15, 0.2) is 0 Å². The highest BCUT2D eigenvalue weighted by atomic mass is 16.6. The van der Waals surface area contributed by atoms with E-state index in [0.717, 1.165) is 18.4 Å². The van der Waals surface area contributed by atoms with E-state index in [4.69, 9.17) is 9.47 Å². The molecule has 0 fully saturated rings. The van der Waals surface area contributed by atoms with Gasteiger partial charge in [-0.15, -0.1) is 0 Å². The molecule has 2 N–H and O–H groups in total. The van der Waals surface area contributed by atoms with Crippen LogP contribution in [-0.2, 0) is 14.3 Å². The Balaban J connectivity index is 2.83. The molecule has 0 saturated carbocycles. The number of ether oxygens (including phenoxy) is 2. The summed E-state index contributed by atoms with van der Waals surface area (Å²) in [7, 11) is 0. The van der Waals surface area contributed by atoms with Gasteiger partial charge in [0.25, 0.3) is 0 Å². The number of carbonyl (C=O) groups is 3. The maximum atomic E-state index is 12.5. The second-order valence-corrected chi connectivity index (χ2v) is 10.2. The zero-order chi connectivity index (χ0) is 23.8. The van der Waals surface area contributed by atoms with Gasteiger partial charge in [0.2, 0.25) is 5.91 Å². The van der Waals surface area contributed by atoms with Gasteiger partial charge in [-0.25, -0.2) is 9.59 Å². The van der Waals surface area contributed by atoms with Crippen molar-refractivity contribution in [1.29, 1.82) is 0 Å². The van der Waals surface area contributed by atoms with Crippen molar-refractivity contribution in [2.45, 2.75) is 86.0 Å². The van der Waals surface area contributed by atoms with Gasteiger partial charge >= 0.3 is 12.1 Å². The molecule has 7 nitrogen and oxygen atoms in total. The molecule has 0 spiro atoms. The van der Waals surface area contributed by atoms with Gasteiger partial charge in [0, 0.05) is 0 Å². The molecule has 0 bridgehead atoms. The highest BCUT2D eigenvalue weighted by Crippen LogP contribution is 2.27. The molecule has 1 rings (SSSR count). The molecule has 1 aromatic rings. The van der Waals surface area contributed by atoms with Crippen LogP contribution < -0.4 is 10.6 Å². The maximum absolute atomic E-state index is 12.5. The molecule has 0 aliphatic rings. The number of amides is 2. The van der Waals surface area contributed by atoms with E-state index in [0.29, 0.717) is 5.56 Å². The van der Waals surface area contributed by atoms with E-state index in [2.05, 4.69) is 31.4 Å². The van der Waals surface area contributed by atoms with Crippen molar-refractivity contribution in [2.24, 2.45) is 5.41 Å². The number of carbonyl (C=O) groups excluding carboxylic acids is 3. The molecule has 2 amide bonds. The zero-order valence-electron chi connectivity index (χ0n) is 20.1. The number of benzene rings is 1. The zero-order valence-corrected chi connectivity index (χ0v) is 20.1. The average molecular weight is 435 g/mol. The number of hydrogen-bond donors (Lipinski definition) is 2. The molecule has 1 atom stereocenters. The lowest BCUT2D eigenvalue weighted by atomic mass is 9.87. The Bertz CT molecular complexity index is 743. The molecular weight excluding hydrogens is 396 g/mol. The summed E-state index contributed by atoms with van der Waals surface area (Å²) in [4.78, 5) is 36.3. The Hall–Kier alpha value is -2.57. The fraction of sp³-hybridized carbons (Fsp3) is 0.625. The predicted molar refractivity (Wildman–Crippen MR) is 121 cm³/mol. The first-order valence-corrected chi connectivity index (χ1v) is 10.7. The maximum Gasteiger partial charge on any atom is 0.408 e. The van der Waals surface area contributed by atoms with E-state index in [-0.39, 0.29) is 36.0 Å². The fourth-order valence-electron chi connectivity index (χ4n) is 2.75. The summed E-state index contributed by atoms with van der Waals surface area (Å²) in [6.45, 7) is 15.1. The van der Waals surface area contributed by atoms with E-state index < -0.39 is 11.7 Å². The highest BCUT2D eigenvalue weighted by molar-refractivity contribution is 5.89. The summed E-state index contributed by atoms with van der Waals surface area (Å²) in [6.07, 6.45) is 0.775. The molecule has 0 heterocycles. The van der Waals surface area contributed by atoms with E-state index in [1.807, 2.05) is 12.1 Å². The Labute approximate surface area is 186 Å². The summed E-state index contributed by atoms with van der Waals surface area (Å²) in [6, 6.07) is 6.81. The Morgan fingerprint density at radius 2 is 1.55 bits per heavy atom. The van der Waals surface area contributed by atoms with Crippen molar-refractivity contribution >= 4 is 18.0 Å². The molecule has 0 aliphatic carbocycles. The Kier molecular flexibility index (Phi) is 9.53. The van der Waals surface area contributed by atoms with E-state index in [9.17, 15) is 14.4 Å². The third kappa shape index (κ3) is 11.4. The monoisotopic (exact) mass is 434 g/mol. The normalized spacial score (nSPS) is 12.8. The fourth-order valence-corrected chi connectivity index (χ4v) is 2.75. The van der Waals surface area contributed by atoms with Gasteiger partial charge in [0.1, 0.15) is 12.1 Å². The van der Waals surface area contributed by atoms with Crippen LogP contribution in [0.3, 0.4) is 0 Å². The molecule has 1 aromatic carbocycles. The molecule has 0 radical (unpaired) electrons. The van der Waals surface area contributed by atoms with Crippen LogP contribution in [0.25, 0.3) is 0 Å². The summed E-state index contributed by atoms with van der Waals surface area (Å²) in [5, 5.41) is 5.46. The van der Waals surface area contributed by atoms with E-state index >= 15 is 0 Å². The number of esters is 1. The molecule has 7 heteroatoms. The summed E-state index contributed by atoms with van der Waals surface area (Å²) >= 11 is 0. The topological polar surface area (TPSA) is 93.7 Å². The lowest BCUT2D eigenvalue weighted by molar-refractivity contribution is -0.121. The summed E-state index contributed by atoms with van der Waals surface area (Å²) in [5.74, 6) is -0.688. The van der Waals surface area contributed by atoms with Gasteiger partial charge in [0.05, 0.1) is 17.7 Å². The van der Waals surface area contributed by atoms with Gasteiger partial charge in [-0.1, -0.05) is 32.9 Å². The standard InChI is InChI=1S/C24H38N2O5/c1-16(2)30-21(28)18-11-9-17(10-12-18)19(13-14-23(3,4)5)26-20(27)15-25-22(29)31-24(6,7)8/h9-12,16,19H,13-15H2,1-8H3,(H,25,29)(H,26,27)/t19-/m1/s1. The quantitative estimate of drug-likeness (QED) is 0.575. The minimum Gasteiger partial charge on any atom is -0.459 e. The molecule has 174 valence electrons. The summed E-state index contributed by atoms with van der Waals surface area (Å²) in [5.41, 5.74) is 0.813. The lowest BCUT2D eigenvalue weighted by Crippen LogP contribution is -2.41. The lowest BCUT2D eigenvalue weighted by Gasteiger charge is -2.25. The smallest absolute Gasteiger partial charge is 0.408 e. The number of nitrogens with one attached hydrogen (secondary N) is 2. The second-order valence-electron chi connectivity index (χ2n) is 10.2. The van der Waals surface area contributed by atoms with Crippen LogP contribution in [0, 0.1) is 5.41 Å². The predicted octanol–water partition coefficient (Wildman–Crippen LogP) is 4.76. The number of alkyl carbamates (subject to hydrolysis) is 1. The van der Waals surface area contributed by atoms with Gasteiger partial charge in [-0.2, -0.15) is 0 Å². The van der Waals surface area contributed by atoms with Crippen LogP contribution in [0.4, 0.5) is 4.79 Å². The Morgan fingerprint density at radius 1 is 0.968 bits per heavy atom. The third-order valence-corrected chi connectivity index (χ3v) is 4.20. The van der Waals surface area contributed by atoms with Crippen LogP contribution >= 0.6 is 0 Å². The average Bonchev–Trinajstić information content (AvgIpc) is 2.61. The van der Waals surface area contributed by atoms with Crippen LogP contribution in [0.1, 0.15) is 90.2 Å². The molecule has 0 aliphatic heterocycles. The van der Waals surface area contributed by atoms with E-state index in [1.54, 1.807) is 46.8 Å². The molecular formula is C24H38N2O5. The minimum atomic E-state index is -0.637. The third-order valence-electron chi connectivity index (χ3n) is 4.20. The van der Waals surface area contributed by atoms with Crippen molar-refractivity contribution in [3.05, 3.63) is 35.4 Å².